The monoisotopic (exact) mass is 335 g/mol. The smallest absolute Gasteiger partial charge is 0.416 e. The van der Waals surface area contributed by atoms with Crippen molar-refractivity contribution in [1.29, 1.82) is 0 Å². The maximum Gasteiger partial charge on any atom is 0.416 e. The van der Waals surface area contributed by atoms with Crippen LogP contribution in [-0.4, -0.2) is 20.1 Å². The molecular weight excluding hydrogens is 323 g/mol. The van der Waals surface area contributed by atoms with E-state index < -0.39 is 34.4 Å². The quantitative estimate of drug-likeness (QED) is 0.879. The lowest BCUT2D eigenvalue weighted by Crippen LogP contribution is -2.30. The summed E-state index contributed by atoms with van der Waals surface area (Å²) < 4.78 is 68.8. The maximum absolute atomic E-state index is 12.5. The number of halogens is 3. The molecule has 22 heavy (non-hydrogen) atoms. The lowest BCUT2D eigenvalue weighted by atomic mass is 10.2. The molecule has 2 N–H and O–H groups in total. The van der Waals surface area contributed by atoms with Crippen molar-refractivity contribution in [2.45, 2.75) is 17.1 Å². The summed E-state index contributed by atoms with van der Waals surface area (Å²) in [6.07, 6.45) is -3.23. The van der Waals surface area contributed by atoms with E-state index in [9.17, 15) is 26.7 Å². The van der Waals surface area contributed by atoms with Crippen LogP contribution in [0.15, 0.2) is 52.0 Å². The van der Waals surface area contributed by atoms with Gasteiger partial charge in [-0.3, -0.25) is 0 Å². The van der Waals surface area contributed by atoms with Gasteiger partial charge in [-0.2, -0.15) is 17.9 Å². The van der Waals surface area contributed by atoms with Crippen LogP contribution in [0.25, 0.3) is 0 Å². The molecule has 0 fully saturated rings. The molecule has 0 radical (unpaired) electrons. The molecule has 5 nitrogen and oxygen atoms in total. The van der Waals surface area contributed by atoms with Crippen LogP contribution < -0.4 is 4.72 Å². The minimum Gasteiger partial charge on any atom is -0.468 e. The minimum absolute atomic E-state index is 0.193. The van der Waals surface area contributed by atoms with Crippen molar-refractivity contribution in [3.63, 3.8) is 0 Å². The first-order valence-electron chi connectivity index (χ1n) is 6.08. The van der Waals surface area contributed by atoms with E-state index in [1.165, 1.54) is 18.4 Å². The molecule has 2 rings (SSSR count). The lowest BCUT2D eigenvalue weighted by Gasteiger charge is -2.14. The number of nitrogens with one attached hydrogen (secondary N) is 1. The maximum atomic E-state index is 12.5. The zero-order valence-electron chi connectivity index (χ0n) is 11.0. The molecule has 1 aromatic heterocycles. The number of alkyl halides is 3. The van der Waals surface area contributed by atoms with Gasteiger partial charge >= 0.3 is 6.18 Å². The van der Waals surface area contributed by atoms with Gasteiger partial charge in [0, 0.05) is 0 Å². The van der Waals surface area contributed by atoms with Crippen molar-refractivity contribution < 1.29 is 31.1 Å². The predicted octanol–water partition coefficient (Wildman–Crippen LogP) is 2.31. The third-order valence-corrected chi connectivity index (χ3v) is 4.35. The van der Waals surface area contributed by atoms with E-state index in [2.05, 4.69) is 4.72 Å². The Morgan fingerprint density at radius 3 is 2.27 bits per heavy atom. The van der Waals surface area contributed by atoms with Crippen molar-refractivity contribution in [3.05, 3.63) is 54.0 Å². The van der Waals surface area contributed by atoms with Crippen molar-refractivity contribution in [3.8, 4) is 0 Å². The third-order valence-electron chi connectivity index (χ3n) is 2.86. The van der Waals surface area contributed by atoms with Gasteiger partial charge in [0.05, 0.1) is 23.3 Å². The second kappa shape index (κ2) is 6.11. The summed E-state index contributed by atoms with van der Waals surface area (Å²) in [7, 11) is -4.10. The van der Waals surface area contributed by atoms with E-state index >= 15 is 0 Å². The van der Waals surface area contributed by atoms with Crippen LogP contribution in [0.5, 0.6) is 0 Å². The second-order valence-corrected chi connectivity index (χ2v) is 6.11. The van der Waals surface area contributed by atoms with Gasteiger partial charge in [-0.25, -0.2) is 8.42 Å². The number of furan rings is 1. The number of benzene rings is 1. The zero-order chi connectivity index (χ0) is 16.4. The van der Waals surface area contributed by atoms with Gasteiger partial charge in [0.1, 0.15) is 11.8 Å². The summed E-state index contributed by atoms with van der Waals surface area (Å²) >= 11 is 0. The van der Waals surface area contributed by atoms with Crippen LogP contribution in [0, 0.1) is 0 Å². The number of aliphatic hydroxyl groups excluding tert-OH is 1. The topological polar surface area (TPSA) is 79.5 Å². The summed E-state index contributed by atoms with van der Waals surface area (Å²) in [5.74, 6) is 0.193. The predicted molar refractivity (Wildman–Crippen MR) is 70.3 cm³/mol. The Labute approximate surface area is 124 Å². The highest BCUT2D eigenvalue weighted by atomic mass is 32.2. The highest BCUT2D eigenvalue weighted by Gasteiger charge is 2.31. The molecule has 0 aliphatic rings. The molecule has 0 spiro atoms. The largest absolute Gasteiger partial charge is 0.468 e. The second-order valence-electron chi connectivity index (χ2n) is 4.39. The Hall–Kier alpha value is -1.84. The normalized spacial score (nSPS) is 14.0. The average Bonchev–Trinajstić information content (AvgIpc) is 2.98. The van der Waals surface area contributed by atoms with Crippen molar-refractivity contribution >= 4 is 10.0 Å². The SMILES string of the molecule is O=S(=O)(NC(CO)c1ccco1)c1ccc(C(F)(F)F)cc1. The first-order chi connectivity index (χ1) is 10.2. The molecule has 120 valence electrons. The highest BCUT2D eigenvalue weighted by molar-refractivity contribution is 7.89. The Balaban J connectivity index is 2.23. The van der Waals surface area contributed by atoms with Crippen molar-refractivity contribution in [1.82, 2.24) is 4.72 Å². The number of hydrogen-bond acceptors (Lipinski definition) is 4. The van der Waals surface area contributed by atoms with Crippen LogP contribution in [0.3, 0.4) is 0 Å². The average molecular weight is 335 g/mol. The van der Waals surface area contributed by atoms with Gasteiger partial charge in [0.15, 0.2) is 0 Å². The Kier molecular flexibility index (Phi) is 4.59. The molecule has 0 aliphatic heterocycles. The third kappa shape index (κ3) is 3.67. The van der Waals surface area contributed by atoms with Gasteiger partial charge < -0.3 is 9.52 Å². The summed E-state index contributed by atoms with van der Waals surface area (Å²) in [4.78, 5) is -0.342. The van der Waals surface area contributed by atoms with Crippen molar-refractivity contribution in [2.75, 3.05) is 6.61 Å². The summed E-state index contributed by atoms with van der Waals surface area (Å²) in [6, 6.07) is 5.01. The number of aliphatic hydroxyl groups is 1. The van der Waals surface area contributed by atoms with E-state index in [-0.39, 0.29) is 10.7 Å². The molecule has 0 saturated carbocycles. The molecule has 1 unspecified atom stereocenters. The molecule has 1 aromatic carbocycles. The highest BCUT2D eigenvalue weighted by Crippen LogP contribution is 2.29. The Morgan fingerprint density at radius 2 is 1.82 bits per heavy atom. The van der Waals surface area contributed by atoms with Gasteiger partial charge in [0.2, 0.25) is 10.0 Å². The number of hydrogen-bond donors (Lipinski definition) is 2. The molecular formula is C13H12F3NO4S. The van der Waals surface area contributed by atoms with Crippen LogP contribution >= 0.6 is 0 Å². The Bertz CT molecular complexity index is 709. The summed E-state index contributed by atoms with van der Waals surface area (Å²) in [6.45, 7) is -0.562. The first-order valence-corrected chi connectivity index (χ1v) is 7.56. The van der Waals surface area contributed by atoms with E-state index in [1.54, 1.807) is 0 Å². The van der Waals surface area contributed by atoms with Crippen LogP contribution in [-0.2, 0) is 16.2 Å². The van der Waals surface area contributed by atoms with Crippen LogP contribution in [0.2, 0.25) is 0 Å². The van der Waals surface area contributed by atoms with E-state index in [4.69, 9.17) is 4.42 Å². The molecule has 2 aromatic rings. The first kappa shape index (κ1) is 16.5. The standard InChI is InChI=1S/C13H12F3NO4S/c14-13(15,16)9-3-5-10(6-4-9)22(19,20)17-11(8-18)12-2-1-7-21-12/h1-7,11,17-18H,8H2. The fraction of sp³-hybridized carbons (Fsp3) is 0.231. The molecule has 0 amide bonds. The van der Waals surface area contributed by atoms with E-state index in [0.717, 1.165) is 12.1 Å². The molecule has 9 heteroatoms. The summed E-state index contributed by atoms with van der Waals surface area (Å²) in [5, 5.41) is 9.22. The molecule has 0 bridgehead atoms. The molecule has 0 aliphatic carbocycles. The van der Waals surface area contributed by atoms with Gasteiger partial charge in [-0.1, -0.05) is 0 Å². The van der Waals surface area contributed by atoms with Gasteiger partial charge in [0.25, 0.3) is 0 Å². The minimum atomic E-state index is -4.54. The van der Waals surface area contributed by atoms with Crippen LogP contribution in [0.1, 0.15) is 17.4 Å². The fourth-order valence-electron chi connectivity index (χ4n) is 1.75. The molecule has 1 atom stereocenters. The number of sulfonamides is 1. The fourth-order valence-corrected chi connectivity index (χ4v) is 2.95. The van der Waals surface area contributed by atoms with E-state index in [0.29, 0.717) is 12.1 Å². The van der Waals surface area contributed by atoms with Gasteiger partial charge in [-0.15, -0.1) is 0 Å². The Morgan fingerprint density at radius 1 is 1.18 bits per heavy atom. The molecule has 1 heterocycles. The van der Waals surface area contributed by atoms with E-state index in [1.807, 2.05) is 0 Å². The number of rotatable bonds is 5. The van der Waals surface area contributed by atoms with Gasteiger partial charge in [-0.05, 0) is 36.4 Å². The van der Waals surface area contributed by atoms with Crippen molar-refractivity contribution in [2.24, 2.45) is 0 Å². The zero-order valence-corrected chi connectivity index (χ0v) is 11.9. The summed E-state index contributed by atoms with van der Waals surface area (Å²) in [5.41, 5.74) is -0.948. The lowest BCUT2D eigenvalue weighted by molar-refractivity contribution is -0.137. The molecule has 0 saturated heterocycles. The van der Waals surface area contributed by atoms with Crippen LogP contribution in [0.4, 0.5) is 13.2 Å².